The van der Waals surface area contributed by atoms with Gasteiger partial charge in [-0.15, -0.1) is 0 Å². The van der Waals surface area contributed by atoms with Crippen molar-refractivity contribution < 1.29 is 4.21 Å². The van der Waals surface area contributed by atoms with Crippen molar-refractivity contribution in [1.29, 1.82) is 0 Å². The van der Waals surface area contributed by atoms with Crippen LogP contribution in [0.1, 0.15) is 51.9 Å². The first-order valence-electron chi connectivity index (χ1n) is 6.90. The van der Waals surface area contributed by atoms with E-state index in [1.165, 1.54) is 38.5 Å². The molecule has 2 rings (SSSR count). The van der Waals surface area contributed by atoms with Crippen molar-refractivity contribution in [3.8, 4) is 0 Å². The summed E-state index contributed by atoms with van der Waals surface area (Å²) in [5.74, 6) is 1.77. The van der Waals surface area contributed by atoms with E-state index in [9.17, 15) is 4.21 Å². The van der Waals surface area contributed by atoms with Gasteiger partial charge in [0.15, 0.2) is 0 Å². The van der Waals surface area contributed by atoms with Crippen LogP contribution in [0.15, 0.2) is 0 Å². The van der Waals surface area contributed by atoms with Crippen LogP contribution in [0.3, 0.4) is 0 Å². The second kappa shape index (κ2) is 6.15. The van der Waals surface area contributed by atoms with Gasteiger partial charge >= 0.3 is 0 Å². The second-order valence-corrected chi connectivity index (χ2v) is 7.15. The Labute approximate surface area is 102 Å². The van der Waals surface area contributed by atoms with Crippen LogP contribution in [-0.4, -0.2) is 27.8 Å². The number of nitrogens with one attached hydrogen (secondary N) is 1. The summed E-state index contributed by atoms with van der Waals surface area (Å²) < 4.78 is 12.2. The molecule has 2 fully saturated rings. The Bertz CT molecular complexity index is 238. The van der Waals surface area contributed by atoms with Crippen LogP contribution in [-0.2, 0) is 10.8 Å². The Kier molecular flexibility index (Phi) is 4.83. The lowest BCUT2D eigenvalue weighted by Gasteiger charge is -2.14. The molecule has 3 heteroatoms. The molecule has 0 aromatic heterocycles. The molecule has 0 bridgehead atoms. The maximum atomic E-state index is 12.2. The molecular formula is C13H25NOS. The van der Waals surface area contributed by atoms with E-state index < -0.39 is 10.8 Å². The number of hydrogen-bond acceptors (Lipinski definition) is 2. The first-order chi connectivity index (χ1) is 7.79. The maximum Gasteiger partial charge on any atom is 0.0363 e. The molecule has 94 valence electrons. The zero-order valence-corrected chi connectivity index (χ0v) is 11.2. The van der Waals surface area contributed by atoms with E-state index >= 15 is 0 Å². The van der Waals surface area contributed by atoms with E-state index in [1.54, 1.807) is 0 Å². The Hall–Kier alpha value is 0.110. The summed E-state index contributed by atoms with van der Waals surface area (Å²) in [6, 6.07) is 0.641. The Morgan fingerprint density at radius 1 is 1.19 bits per heavy atom. The Balaban J connectivity index is 1.73. The highest BCUT2D eigenvalue weighted by atomic mass is 32.2. The molecule has 1 N–H and O–H groups in total. The Morgan fingerprint density at radius 3 is 2.62 bits per heavy atom. The number of rotatable bonds is 5. The highest BCUT2D eigenvalue weighted by molar-refractivity contribution is 7.85. The summed E-state index contributed by atoms with van der Waals surface area (Å²) in [6.07, 6.45) is 8.95. The summed E-state index contributed by atoms with van der Waals surface area (Å²) in [7, 11) is -0.549. The maximum absolute atomic E-state index is 12.2. The van der Waals surface area contributed by atoms with Crippen LogP contribution in [0, 0.1) is 5.92 Å². The van der Waals surface area contributed by atoms with Gasteiger partial charge in [-0.25, -0.2) is 0 Å². The standard InChI is InChI=1S/C13H25NOS/c1-2-14-12-7-8-13(9-12)16(15)10-11-5-3-4-6-11/h11-14H,2-10H2,1H3. The van der Waals surface area contributed by atoms with Crippen molar-refractivity contribution in [2.75, 3.05) is 12.3 Å². The van der Waals surface area contributed by atoms with Crippen molar-refractivity contribution in [2.45, 2.75) is 63.2 Å². The molecule has 0 saturated heterocycles. The zero-order chi connectivity index (χ0) is 11.4. The van der Waals surface area contributed by atoms with Crippen molar-refractivity contribution >= 4 is 10.8 Å². The van der Waals surface area contributed by atoms with Gasteiger partial charge in [0, 0.05) is 27.8 Å². The fourth-order valence-corrected chi connectivity index (χ4v) is 5.11. The van der Waals surface area contributed by atoms with E-state index in [-0.39, 0.29) is 0 Å². The molecular weight excluding hydrogens is 218 g/mol. The third kappa shape index (κ3) is 3.30. The van der Waals surface area contributed by atoms with E-state index in [0.717, 1.165) is 24.6 Å². The van der Waals surface area contributed by atoms with E-state index in [1.807, 2.05) is 0 Å². The second-order valence-electron chi connectivity index (χ2n) is 5.39. The predicted molar refractivity (Wildman–Crippen MR) is 70.1 cm³/mol. The van der Waals surface area contributed by atoms with Crippen molar-refractivity contribution in [3.63, 3.8) is 0 Å². The first kappa shape index (κ1) is 12.6. The summed E-state index contributed by atoms with van der Waals surface area (Å²) in [5.41, 5.74) is 0. The summed E-state index contributed by atoms with van der Waals surface area (Å²) >= 11 is 0. The minimum Gasteiger partial charge on any atom is -0.314 e. The third-order valence-electron chi connectivity index (χ3n) is 4.12. The molecule has 0 amide bonds. The van der Waals surface area contributed by atoms with Crippen LogP contribution < -0.4 is 5.32 Å². The topological polar surface area (TPSA) is 29.1 Å². The molecule has 2 aliphatic rings. The molecule has 2 nitrogen and oxygen atoms in total. The lowest BCUT2D eigenvalue weighted by molar-refractivity contribution is 0.541. The minimum absolute atomic E-state index is 0.490. The van der Waals surface area contributed by atoms with Gasteiger partial charge in [-0.2, -0.15) is 0 Å². The molecule has 2 saturated carbocycles. The zero-order valence-electron chi connectivity index (χ0n) is 10.4. The lowest BCUT2D eigenvalue weighted by atomic mass is 10.1. The molecule has 16 heavy (non-hydrogen) atoms. The van der Waals surface area contributed by atoms with Crippen molar-refractivity contribution in [3.05, 3.63) is 0 Å². The van der Waals surface area contributed by atoms with Gasteiger partial charge in [0.1, 0.15) is 0 Å². The molecule has 3 unspecified atom stereocenters. The van der Waals surface area contributed by atoms with Gasteiger partial charge in [0.05, 0.1) is 0 Å². The molecule has 0 radical (unpaired) electrons. The average molecular weight is 243 g/mol. The SMILES string of the molecule is CCNC1CCC(S(=O)CC2CCCC2)C1. The highest BCUT2D eigenvalue weighted by Gasteiger charge is 2.30. The highest BCUT2D eigenvalue weighted by Crippen LogP contribution is 2.29. The summed E-state index contributed by atoms with van der Waals surface area (Å²) in [6.45, 7) is 3.20. The fraction of sp³-hybridized carbons (Fsp3) is 1.00. The van der Waals surface area contributed by atoms with Crippen LogP contribution in [0.4, 0.5) is 0 Å². The van der Waals surface area contributed by atoms with Gasteiger partial charge < -0.3 is 5.32 Å². The summed E-state index contributed by atoms with van der Waals surface area (Å²) in [4.78, 5) is 0. The van der Waals surface area contributed by atoms with Gasteiger partial charge in [-0.1, -0.05) is 19.8 Å². The van der Waals surface area contributed by atoms with E-state index in [2.05, 4.69) is 12.2 Å². The Morgan fingerprint density at radius 2 is 1.94 bits per heavy atom. The first-order valence-corrected chi connectivity index (χ1v) is 8.28. The fourth-order valence-electron chi connectivity index (χ4n) is 3.20. The van der Waals surface area contributed by atoms with Crippen LogP contribution in [0.2, 0.25) is 0 Å². The largest absolute Gasteiger partial charge is 0.314 e. The van der Waals surface area contributed by atoms with Gasteiger partial charge in [0.25, 0.3) is 0 Å². The quantitative estimate of drug-likeness (QED) is 0.803. The molecule has 0 aromatic rings. The van der Waals surface area contributed by atoms with Crippen LogP contribution in [0.25, 0.3) is 0 Å². The van der Waals surface area contributed by atoms with E-state index in [4.69, 9.17) is 0 Å². The molecule has 3 atom stereocenters. The monoisotopic (exact) mass is 243 g/mol. The van der Waals surface area contributed by atoms with Crippen LogP contribution >= 0.6 is 0 Å². The van der Waals surface area contributed by atoms with Gasteiger partial charge in [-0.05, 0) is 44.6 Å². The van der Waals surface area contributed by atoms with E-state index in [0.29, 0.717) is 11.3 Å². The number of hydrogen-bond donors (Lipinski definition) is 1. The normalized spacial score (nSPS) is 33.3. The summed E-state index contributed by atoms with van der Waals surface area (Å²) in [5, 5.41) is 3.98. The molecule has 0 spiro atoms. The third-order valence-corrected chi connectivity index (χ3v) is 6.10. The molecule has 2 aliphatic carbocycles. The average Bonchev–Trinajstić information content (AvgIpc) is 2.89. The molecule has 0 aromatic carbocycles. The van der Waals surface area contributed by atoms with Gasteiger partial charge in [0.2, 0.25) is 0 Å². The molecule has 0 aliphatic heterocycles. The molecule has 0 heterocycles. The lowest BCUT2D eigenvalue weighted by Crippen LogP contribution is -2.27. The smallest absolute Gasteiger partial charge is 0.0363 e. The van der Waals surface area contributed by atoms with Gasteiger partial charge in [-0.3, -0.25) is 4.21 Å². The predicted octanol–water partition coefficient (Wildman–Crippen LogP) is 2.46. The van der Waals surface area contributed by atoms with Crippen molar-refractivity contribution in [1.82, 2.24) is 5.32 Å². The van der Waals surface area contributed by atoms with Crippen molar-refractivity contribution in [2.24, 2.45) is 5.92 Å². The van der Waals surface area contributed by atoms with Crippen LogP contribution in [0.5, 0.6) is 0 Å². The minimum atomic E-state index is -0.549.